The zero-order chi connectivity index (χ0) is 15.0. The van der Waals surface area contributed by atoms with E-state index >= 15 is 0 Å². The molecule has 1 rings (SSSR count). The highest BCUT2D eigenvalue weighted by atomic mass is 16.5. The van der Waals surface area contributed by atoms with Crippen molar-refractivity contribution in [2.45, 2.75) is 19.9 Å². The molecule has 4 N–H and O–H groups in total. The molecule has 0 spiro atoms. The number of aryl methyl sites for hydroxylation is 1. The second-order valence-electron chi connectivity index (χ2n) is 3.60. The maximum absolute atomic E-state index is 11.3. The highest BCUT2D eigenvalue weighted by Crippen LogP contribution is 2.17. The molecule has 0 aliphatic rings. The Hall–Kier alpha value is -2.09. The zero-order valence-electron chi connectivity index (χ0n) is 11.6. The van der Waals surface area contributed by atoms with Crippen LogP contribution in [0.5, 0.6) is 0 Å². The summed E-state index contributed by atoms with van der Waals surface area (Å²) in [5, 5.41) is 3.91. The largest absolute Gasteiger partial charge is 0.464 e. The number of carbonyl (C=O) groups is 2. The van der Waals surface area contributed by atoms with Gasteiger partial charge < -0.3 is 20.9 Å². The molecule has 0 aromatic carbocycles. The highest BCUT2D eigenvalue weighted by Gasteiger charge is 2.24. The van der Waals surface area contributed by atoms with Crippen molar-refractivity contribution in [2.24, 2.45) is 5.73 Å². The van der Waals surface area contributed by atoms with Crippen molar-refractivity contribution in [1.29, 1.82) is 0 Å². The summed E-state index contributed by atoms with van der Waals surface area (Å²) >= 11 is 0. The van der Waals surface area contributed by atoms with Crippen LogP contribution in [0.1, 0.15) is 34.3 Å². The van der Waals surface area contributed by atoms with Crippen LogP contribution in [-0.2, 0) is 16.0 Å². The van der Waals surface area contributed by atoms with E-state index in [1.807, 2.05) is 6.92 Å². The maximum Gasteiger partial charge on any atom is 0.360 e. The Labute approximate surface area is 111 Å². The van der Waals surface area contributed by atoms with Gasteiger partial charge >= 0.3 is 5.97 Å². The van der Waals surface area contributed by atoms with Crippen molar-refractivity contribution in [1.82, 2.24) is 9.78 Å². The minimum atomic E-state index is -0.714. The van der Waals surface area contributed by atoms with Crippen LogP contribution in [0.25, 0.3) is 0 Å². The molecule has 0 bridgehead atoms. The average molecular weight is 272 g/mol. The number of carbonyl (C=O) groups excluding carboxylic acids is 2. The SMILES string of the molecule is CCCn1nc(C(=O)OC)c(N)c1C(N)=O.COC. The predicted molar refractivity (Wildman–Crippen MR) is 69.7 cm³/mol. The van der Waals surface area contributed by atoms with Gasteiger partial charge in [-0.05, 0) is 6.42 Å². The number of hydrogen-bond donors (Lipinski definition) is 2. The van der Waals surface area contributed by atoms with E-state index in [2.05, 4.69) is 14.6 Å². The third kappa shape index (κ3) is 4.25. The van der Waals surface area contributed by atoms with Crippen molar-refractivity contribution < 1.29 is 19.1 Å². The number of nitrogen functional groups attached to an aromatic ring is 1. The molecule has 0 fully saturated rings. The van der Waals surface area contributed by atoms with Crippen LogP contribution in [0.15, 0.2) is 0 Å². The van der Waals surface area contributed by atoms with Crippen molar-refractivity contribution in [3.05, 3.63) is 11.4 Å². The molecule has 1 amide bonds. The van der Waals surface area contributed by atoms with Gasteiger partial charge in [-0.2, -0.15) is 5.10 Å². The number of anilines is 1. The number of methoxy groups -OCH3 is 2. The average Bonchev–Trinajstić information content (AvgIpc) is 2.67. The molecule has 0 atom stereocenters. The molecule has 1 aromatic rings. The first-order valence-corrected chi connectivity index (χ1v) is 5.59. The summed E-state index contributed by atoms with van der Waals surface area (Å²) in [5.41, 5.74) is 10.7. The van der Waals surface area contributed by atoms with E-state index in [0.717, 1.165) is 6.42 Å². The van der Waals surface area contributed by atoms with E-state index in [1.54, 1.807) is 14.2 Å². The summed E-state index contributed by atoms with van der Waals surface area (Å²) in [5.74, 6) is -1.40. The minimum absolute atomic E-state index is 0.0344. The first kappa shape index (κ1) is 16.9. The molecule has 0 aliphatic heterocycles. The second-order valence-corrected chi connectivity index (χ2v) is 3.60. The highest BCUT2D eigenvalue weighted by molar-refractivity contribution is 6.03. The number of hydrogen-bond acceptors (Lipinski definition) is 6. The number of esters is 1. The Morgan fingerprint density at radius 1 is 1.32 bits per heavy atom. The van der Waals surface area contributed by atoms with E-state index in [9.17, 15) is 9.59 Å². The Morgan fingerprint density at radius 2 is 1.84 bits per heavy atom. The number of ether oxygens (including phenoxy) is 2. The molecule has 1 aromatic heterocycles. The number of rotatable bonds is 4. The normalized spacial score (nSPS) is 9.47. The molecule has 0 saturated heterocycles. The standard InChI is InChI=1S/C9H14N4O3.C2H6O/c1-3-4-13-7(8(11)14)5(10)6(12-13)9(15)16-2;1-3-2/h3-4,10H2,1-2H3,(H2,11,14);1-2H3. The van der Waals surface area contributed by atoms with Gasteiger partial charge in [0.1, 0.15) is 5.69 Å². The Bertz CT molecular complexity index is 442. The zero-order valence-corrected chi connectivity index (χ0v) is 11.6. The summed E-state index contributed by atoms with van der Waals surface area (Å²) in [4.78, 5) is 22.5. The van der Waals surface area contributed by atoms with Gasteiger partial charge in [-0.25, -0.2) is 4.79 Å². The van der Waals surface area contributed by atoms with E-state index in [-0.39, 0.29) is 17.1 Å². The second kappa shape index (κ2) is 8.09. The number of primary amides is 1. The molecule has 0 radical (unpaired) electrons. The molecule has 8 nitrogen and oxygen atoms in total. The predicted octanol–water partition coefficient (Wildman–Crippen LogP) is 0.0234. The van der Waals surface area contributed by atoms with Gasteiger partial charge in [-0.1, -0.05) is 6.92 Å². The first-order chi connectivity index (χ1) is 8.94. The van der Waals surface area contributed by atoms with Gasteiger partial charge in [0, 0.05) is 20.8 Å². The van der Waals surface area contributed by atoms with Gasteiger partial charge in [0.05, 0.1) is 12.8 Å². The number of nitrogens with zero attached hydrogens (tertiary/aromatic N) is 2. The van der Waals surface area contributed by atoms with Gasteiger partial charge in [-0.15, -0.1) is 0 Å². The summed E-state index contributed by atoms with van der Waals surface area (Å²) in [6, 6.07) is 0. The smallest absolute Gasteiger partial charge is 0.360 e. The molecule has 0 saturated carbocycles. The van der Waals surface area contributed by atoms with Crippen LogP contribution in [0.3, 0.4) is 0 Å². The molecular formula is C11H20N4O4. The number of nitrogens with two attached hydrogens (primary N) is 2. The number of amides is 1. The Balaban J connectivity index is 0.000000982. The van der Waals surface area contributed by atoms with E-state index in [1.165, 1.54) is 11.8 Å². The van der Waals surface area contributed by atoms with Crippen LogP contribution in [-0.4, -0.2) is 43.0 Å². The van der Waals surface area contributed by atoms with Crippen molar-refractivity contribution in [2.75, 3.05) is 27.1 Å². The molecule has 8 heteroatoms. The van der Waals surface area contributed by atoms with E-state index < -0.39 is 11.9 Å². The number of aromatic nitrogens is 2. The molecule has 1 heterocycles. The van der Waals surface area contributed by atoms with Crippen LogP contribution >= 0.6 is 0 Å². The molecule has 108 valence electrons. The summed E-state index contributed by atoms with van der Waals surface area (Å²) in [6.07, 6.45) is 0.738. The quantitative estimate of drug-likeness (QED) is 0.745. The van der Waals surface area contributed by atoms with Crippen LogP contribution in [0.2, 0.25) is 0 Å². The minimum Gasteiger partial charge on any atom is -0.464 e. The molecule has 0 aliphatic carbocycles. The fourth-order valence-corrected chi connectivity index (χ4v) is 1.36. The van der Waals surface area contributed by atoms with Crippen molar-refractivity contribution >= 4 is 17.6 Å². The molecule has 19 heavy (non-hydrogen) atoms. The van der Waals surface area contributed by atoms with Crippen LogP contribution in [0, 0.1) is 0 Å². The van der Waals surface area contributed by atoms with Gasteiger partial charge in [0.15, 0.2) is 5.69 Å². The lowest BCUT2D eigenvalue weighted by Crippen LogP contribution is -2.19. The van der Waals surface area contributed by atoms with Crippen LogP contribution in [0.4, 0.5) is 5.69 Å². The summed E-state index contributed by atoms with van der Waals surface area (Å²) < 4.78 is 10.1. The summed E-state index contributed by atoms with van der Waals surface area (Å²) in [6.45, 7) is 2.36. The van der Waals surface area contributed by atoms with E-state index in [0.29, 0.717) is 6.54 Å². The first-order valence-electron chi connectivity index (χ1n) is 5.59. The van der Waals surface area contributed by atoms with Gasteiger partial charge in [0.2, 0.25) is 0 Å². The van der Waals surface area contributed by atoms with Gasteiger partial charge in [-0.3, -0.25) is 9.48 Å². The lowest BCUT2D eigenvalue weighted by atomic mass is 10.3. The van der Waals surface area contributed by atoms with Crippen molar-refractivity contribution in [3.8, 4) is 0 Å². The Kier molecular flexibility index (Phi) is 7.20. The monoisotopic (exact) mass is 272 g/mol. The van der Waals surface area contributed by atoms with Gasteiger partial charge in [0.25, 0.3) is 5.91 Å². The molecular weight excluding hydrogens is 252 g/mol. The fourth-order valence-electron chi connectivity index (χ4n) is 1.36. The lowest BCUT2D eigenvalue weighted by molar-refractivity contribution is 0.0594. The molecule has 0 unspecified atom stereocenters. The van der Waals surface area contributed by atoms with Crippen molar-refractivity contribution in [3.63, 3.8) is 0 Å². The summed E-state index contributed by atoms with van der Waals surface area (Å²) in [7, 11) is 4.46. The maximum atomic E-state index is 11.3. The van der Waals surface area contributed by atoms with E-state index in [4.69, 9.17) is 11.5 Å². The third-order valence-corrected chi connectivity index (χ3v) is 2.04. The fraction of sp³-hybridized carbons (Fsp3) is 0.545. The Morgan fingerprint density at radius 3 is 2.21 bits per heavy atom. The lowest BCUT2D eigenvalue weighted by Gasteiger charge is -2.01. The third-order valence-electron chi connectivity index (χ3n) is 2.04. The topological polar surface area (TPSA) is 122 Å². The van der Waals surface area contributed by atoms with Crippen LogP contribution < -0.4 is 11.5 Å².